The SMILES string of the molecule is COCCn1c(C)c(C)s/c1=N\C(=O)c1ccccc1O. The predicted octanol–water partition coefficient (Wildman–Crippen LogP) is 2.26. The normalized spacial score (nSPS) is 11.9. The van der Waals surface area contributed by atoms with E-state index in [1.54, 1.807) is 25.3 Å². The Bertz CT molecular complexity index is 716. The first-order valence-electron chi connectivity index (χ1n) is 6.57. The fourth-order valence-corrected chi connectivity index (χ4v) is 2.93. The average Bonchev–Trinajstić information content (AvgIpc) is 2.72. The second-order valence-electron chi connectivity index (χ2n) is 4.60. The van der Waals surface area contributed by atoms with Crippen molar-refractivity contribution in [1.82, 2.24) is 4.57 Å². The number of aryl methyl sites for hydroxylation is 1. The summed E-state index contributed by atoms with van der Waals surface area (Å²) in [6, 6.07) is 6.41. The summed E-state index contributed by atoms with van der Waals surface area (Å²) in [6.07, 6.45) is 0. The van der Waals surface area contributed by atoms with E-state index in [2.05, 4.69) is 4.99 Å². The number of ether oxygens (including phenoxy) is 1. The fraction of sp³-hybridized carbons (Fsp3) is 0.333. The Morgan fingerprint density at radius 3 is 2.76 bits per heavy atom. The van der Waals surface area contributed by atoms with Gasteiger partial charge in [0.05, 0.1) is 12.2 Å². The van der Waals surface area contributed by atoms with E-state index < -0.39 is 5.91 Å². The van der Waals surface area contributed by atoms with E-state index in [1.165, 1.54) is 17.4 Å². The molecule has 0 radical (unpaired) electrons. The van der Waals surface area contributed by atoms with Crippen molar-refractivity contribution in [3.8, 4) is 5.75 Å². The molecule has 0 saturated carbocycles. The van der Waals surface area contributed by atoms with Gasteiger partial charge in [0, 0.05) is 24.2 Å². The minimum Gasteiger partial charge on any atom is -0.507 e. The molecule has 1 heterocycles. The first kappa shape index (κ1) is 15.5. The van der Waals surface area contributed by atoms with Crippen LogP contribution in [0.15, 0.2) is 29.3 Å². The van der Waals surface area contributed by atoms with Gasteiger partial charge in [-0.3, -0.25) is 4.79 Å². The Kier molecular flexibility index (Phi) is 4.93. The number of nitrogens with zero attached hydrogens (tertiary/aromatic N) is 2. The molecule has 1 aromatic carbocycles. The summed E-state index contributed by atoms with van der Waals surface area (Å²) >= 11 is 1.46. The number of benzene rings is 1. The highest BCUT2D eigenvalue weighted by Gasteiger charge is 2.11. The van der Waals surface area contributed by atoms with Gasteiger partial charge in [-0.1, -0.05) is 12.1 Å². The van der Waals surface area contributed by atoms with E-state index in [1.807, 2.05) is 18.4 Å². The van der Waals surface area contributed by atoms with E-state index in [4.69, 9.17) is 4.74 Å². The Balaban J connectivity index is 2.43. The number of carbonyl (C=O) groups excluding carboxylic acids is 1. The van der Waals surface area contributed by atoms with E-state index in [9.17, 15) is 9.90 Å². The first-order chi connectivity index (χ1) is 10.0. The summed E-state index contributed by atoms with van der Waals surface area (Å²) in [4.78, 5) is 18.1. The van der Waals surface area contributed by atoms with Gasteiger partial charge in [0.1, 0.15) is 5.75 Å². The zero-order chi connectivity index (χ0) is 15.4. The van der Waals surface area contributed by atoms with Gasteiger partial charge in [-0.2, -0.15) is 4.99 Å². The number of hydrogen-bond donors (Lipinski definition) is 1. The average molecular weight is 306 g/mol. The first-order valence-corrected chi connectivity index (χ1v) is 7.39. The lowest BCUT2D eigenvalue weighted by molar-refractivity contribution is 0.0994. The van der Waals surface area contributed by atoms with Crippen LogP contribution < -0.4 is 4.80 Å². The van der Waals surface area contributed by atoms with Gasteiger partial charge in [-0.05, 0) is 26.0 Å². The summed E-state index contributed by atoms with van der Waals surface area (Å²) in [5, 5.41) is 9.73. The molecule has 0 fully saturated rings. The van der Waals surface area contributed by atoms with Crippen LogP contribution >= 0.6 is 11.3 Å². The smallest absolute Gasteiger partial charge is 0.283 e. The molecule has 0 atom stereocenters. The third kappa shape index (κ3) is 3.40. The summed E-state index contributed by atoms with van der Waals surface area (Å²) < 4.78 is 7.05. The molecule has 2 rings (SSSR count). The number of rotatable bonds is 4. The number of aromatic nitrogens is 1. The molecule has 2 aromatic rings. The van der Waals surface area contributed by atoms with E-state index in [0.29, 0.717) is 18.0 Å². The van der Waals surface area contributed by atoms with Crippen LogP contribution in [0.25, 0.3) is 0 Å². The number of thiazole rings is 1. The van der Waals surface area contributed by atoms with Crippen LogP contribution in [0.2, 0.25) is 0 Å². The molecule has 6 heteroatoms. The van der Waals surface area contributed by atoms with Crippen molar-refractivity contribution in [3.05, 3.63) is 45.2 Å². The van der Waals surface area contributed by atoms with Crippen LogP contribution in [0, 0.1) is 13.8 Å². The maximum atomic E-state index is 12.2. The van der Waals surface area contributed by atoms with Crippen molar-refractivity contribution in [1.29, 1.82) is 0 Å². The summed E-state index contributed by atoms with van der Waals surface area (Å²) in [5.74, 6) is -0.500. The number of para-hydroxylation sites is 1. The van der Waals surface area contributed by atoms with Gasteiger partial charge in [-0.15, -0.1) is 11.3 Å². The molecule has 1 amide bonds. The van der Waals surface area contributed by atoms with Crippen LogP contribution in [-0.4, -0.2) is 29.3 Å². The molecule has 0 aliphatic heterocycles. The molecule has 0 spiro atoms. The van der Waals surface area contributed by atoms with Crippen LogP contribution in [0.3, 0.4) is 0 Å². The van der Waals surface area contributed by atoms with Crippen LogP contribution in [0.5, 0.6) is 5.75 Å². The molecule has 1 aromatic heterocycles. The number of methoxy groups -OCH3 is 1. The van der Waals surface area contributed by atoms with Gasteiger partial charge >= 0.3 is 0 Å². The second-order valence-corrected chi connectivity index (χ2v) is 5.79. The topological polar surface area (TPSA) is 63.8 Å². The highest BCUT2D eigenvalue weighted by molar-refractivity contribution is 7.09. The van der Waals surface area contributed by atoms with Crippen molar-refractivity contribution in [2.75, 3.05) is 13.7 Å². The summed E-state index contributed by atoms with van der Waals surface area (Å²) in [5.41, 5.74) is 1.28. The number of aromatic hydroxyl groups is 1. The largest absolute Gasteiger partial charge is 0.507 e. The van der Waals surface area contributed by atoms with Crippen molar-refractivity contribution in [3.63, 3.8) is 0 Å². The van der Waals surface area contributed by atoms with Gasteiger partial charge in [-0.25, -0.2) is 0 Å². The van der Waals surface area contributed by atoms with Gasteiger partial charge in [0.2, 0.25) is 0 Å². The summed E-state index contributed by atoms with van der Waals surface area (Å²) in [6.45, 7) is 5.17. The fourth-order valence-electron chi connectivity index (χ4n) is 1.93. The monoisotopic (exact) mass is 306 g/mol. The minimum absolute atomic E-state index is 0.0558. The molecule has 21 heavy (non-hydrogen) atoms. The van der Waals surface area contributed by atoms with Crippen molar-refractivity contribution in [2.24, 2.45) is 4.99 Å². The number of hydrogen-bond acceptors (Lipinski definition) is 4. The lowest BCUT2D eigenvalue weighted by Crippen LogP contribution is -2.20. The van der Waals surface area contributed by atoms with Crippen LogP contribution in [0.1, 0.15) is 20.9 Å². The molecule has 0 aliphatic rings. The Morgan fingerprint density at radius 1 is 1.38 bits per heavy atom. The number of phenolic OH excluding ortho intramolecular Hbond substituents is 1. The number of amides is 1. The third-order valence-corrected chi connectivity index (χ3v) is 4.34. The minimum atomic E-state index is -0.444. The van der Waals surface area contributed by atoms with Crippen molar-refractivity contribution < 1.29 is 14.6 Å². The Labute approximate surface area is 127 Å². The quantitative estimate of drug-likeness (QED) is 0.942. The lowest BCUT2D eigenvalue weighted by Gasteiger charge is -2.05. The number of carbonyl (C=O) groups is 1. The molecule has 1 N–H and O–H groups in total. The molecule has 0 aliphatic carbocycles. The molecular weight excluding hydrogens is 288 g/mol. The Hall–Kier alpha value is -1.92. The maximum Gasteiger partial charge on any atom is 0.283 e. The van der Waals surface area contributed by atoms with Gasteiger partial charge in [0.25, 0.3) is 5.91 Å². The van der Waals surface area contributed by atoms with E-state index in [-0.39, 0.29) is 11.3 Å². The maximum absolute atomic E-state index is 12.2. The molecule has 0 saturated heterocycles. The predicted molar refractivity (Wildman–Crippen MR) is 81.7 cm³/mol. The van der Waals surface area contributed by atoms with Crippen LogP contribution in [0.4, 0.5) is 0 Å². The highest BCUT2D eigenvalue weighted by Crippen LogP contribution is 2.17. The van der Waals surface area contributed by atoms with E-state index in [0.717, 1.165) is 10.6 Å². The second kappa shape index (κ2) is 6.69. The number of phenols is 1. The van der Waals surface area contributed by atoms with Gasteiger partial charge in [0.15, 0.2) is 4.80 Å². The third-order valence-electron chi connectivity index (χ3n) is 3.24. The zero-order valence-electron chi connectivity index (χ0n) is 12.3. The highest BCUT2D eigenvalue weighted by atomic mass is 32.1. The standard InChI is InChI=1S/C15H18N2O3S/c1-10-11(2)21-15(17(10)8-9-20-3)16-14(19)12-6-4-5-7-13(12)18/h4-7,18H,8-9H2,1-3H3/b16-15-. The van der Waals surface area contributed by atoms with Crippen molar-refractivity contribution >= 4 is 17.2 Å². The van der Waals surface area contributed by atoms with E-state index >= 15 is 0 Å². The zero-order valence-corrected chi connectivity index (χ0v) is 13.1. The van der Waals surface area contributed by atoms with Crippen molar-refractivity contribution in [2.45, 2.75) is 20.4 Å². The van der Waals surface area contributed by atoms with Crippen LogP contribution in [-0.2, 0) is 11.3 Å². The lowest BCUT2D eigenvalue weighted by atomic mass is 10.2. The van der Waals surface area contributed by atoms with Gasteiger partial charge < -0.3 is 14.4 Å². The molecular formula is C15H18N2O3S. The molecule has 112 valence electrons. The summed E-state index contributed by atoms with van der Waals surface area (Å²) in [7, 11) is 1.64. The Morgan fingerprint density at radius 2 is 2.10 bits per heavy atom. The molecule has 0 unspecified atom stereocenters. The molecule has 0 bridgehead atoms. The molecule has 5 nitrogen and oxygen atoms in total.